The Morgan fingerprint density at radius 2 is 0.878 bits per heavy atom. The van der Waals surface area contributed by atoms with Crippen LogP contribution >= 0.6 is 23.5 Å². The molecule has 90 heavy (non-hydrogen) atoms. The molecule has 4 fully saturated rings. The van der Waals surface area contributed by atoms with E-state index in [1.807, 2.05) is 20.8 Å². The van der Waals surface area contributed by atoms with Crippen LogP contribution in [0.15, 0.2) is 107 Å². The Labute approximate surface area is 533 Å². The largest absolute Gasteiger partial charge is 0.480 e. The number of amides is 7. The van der Waals surface area contributed by atoms with Gasteiger partial charge in [-0.1, -0.05) is 73.5 Å². The number of rotatable bonds is 19. The molecule has 0 bridgehead atoms. The highest BCUT2D eigenvalue weighted by molar-refractivity contribution is 8.02. The highest BCUT2D eigenvalue weighted by atomic mass is 32.2. The van der Waals surface area contributed by atoms with E-state index in [0.717, 1.165) is 26.2 Å². The monoisotopic (exact) mass is 1320 g/mol. The van der Waals surface area contributed by atoms with Gasteiger partial charge < -0.3 is 55.2 Å². The second-order valence-electron chi connectivity index (χ2n) is 23.1. The minimum absolute atomic E-state index is 0.0416. The first-order valence-electron chi connectivity index (χ1n) is 29.4. The number of piperazine rings is 2. The van der Waals surface area contributed by atoms with Crippen LogP contribution < -0.4 is 25.4 Å². The molecule has 0 spiro atoms. The Kier molecular flexibility index (Phi) is 23.4. The van der Waals surface area contributed by atoms with Crippen molar-refractivity contribution in [1.29, 1.82) is 0 Å². The second-order valence-corrected chi connectivity index (χ2v) is 30.1. The van der Waals surface area contributed by atoms with Crippen molar-refractivity contribution in [2.75, 3.05) is 70.7 Å². The number of hydrogen-bond acceptors (Lipinski definition) is 16. The number of thioether (sulfide) groups is 2. The summed E-state index contributed by atoms with van der Waals surface area (Å²) in [6, 6.07) is 20.2. The Hall–Kier alpha value is -7.44. The lowest BCUT2D eigenvalue weighted by molar-refractivity contribution is -0.142. The lowest BCUT2D eigenvalue weighted by Gasteiger charge is -2.34. The lowest BCUT2D eigenvalue weighted by atomic mass is 10.0. The first-order chi connectivity index (χ1) is 42.4. The summed E-state index contributed by atoms with van der Waals surface area (Å²) >= 11 is 2.61. The van der Waals surface area contributed by atoms with E-state index in [0.29, 0.717) is 76.5 Å². The fourth-order valence-electron chi connectivity index (χ4n) is 10.3. The molecule has 4 atom stereocenters. The highest BCUT2D eigenvalue weighted by Crippen LogP contribution is 2.44. The van der Waals surface area contributed by atoms with E-state index in [4.69, 9.17) is 9.47 Å². The summed E-state index contributed by atoms with van der Waals surface area (Å²) in [5.74, 6) is -3.29. The van der Waals surface area contributed by atoms with Gasteiger partial charge in [0.1, 0.15) is 35.7 Å². The van der Waals surface area contributed by atoms with Gasteiger partial charge in [-0.25, -0.2) is 40.8 Å². The first-order valence-corrected chi connectivity index (χ1v) is 34.2. The van der Waals surface area contributed by atoms with E-state index in [2.05, 4.69) is 16.0 Å². The average Bonchev–Trinajstić information content (AvgIpc) is 1.63. The van der Waals surface area contributed by atoms with Gasteiger partial charge in [-0.2, -0.15) is 8.61 Å². The van der Waals surface area contributed by atoms with Gasteiger partial charge in [-0.05, 0) is 108 Å². The van der Waals surface area contributed by atoms with Crippen LogP contribution in [0.5, 0.6) is 11.5 Å². The molecule has 4 aliphatic heterocycles. The second kappa shape index (κ2) is 30.1. The molecule has 4 aromatic carbocycles. The number of nitrogens with one attached hydrogen (secondary N) is 3. The van der Waals surface area contributed by atoms with Gasteiger partial charge in [0.05, 0.1) is 21.5 Å². The first kappa shape index (κ1) is 70.0. The van der Waals surface area contributed by atoms with Crippen LogP contribution in [0.1, 0.15) is 76.6 Å². The molecule has 4 aromatic rings. The zero-order valence-electron chi connectivity index (χ0n) is 51.6. The zero-order valence-corrected chi connectivity index (χ0v) is 54.8. The van der Waals surface area contributed by atoms with Crippen molar-refractivity contribution in [3.63, 3.8) is 0 Å². The van der Waals surface area contributed by atoms with Gasteiger partial charge in [0.15, 0.2) is 0 Å². The number of carbonyl (C=O) groups is 8. The summed E-state index contributed by atoms with van der Waals surface area (Å²) < 4.78 is 65.5. The Bertz CT molecular complexity index is 3470. The molecule has 4 heterocycles. The number of carbonyl (C=O) groups excluding carboxylic acids is 6. The van der Waals surface area contributed by atoms with Crippen LogP contribution in [0.2, 0.25) is 0 Å². The van der Waals surface area contributed by atoms with Crippen molar-refractivity contribution in [3.8, 4) is 11.5 Å². The minimum atomic E-state index is -4.03. The highest BCUT2D eigenvalue weighted by Gasteiger charge is 2.53. The van der Waals surface area contributed by atoms with E-state index in [1.54, 1.807) is 92.9 Å². The molecule has 0 saturated carbocycles. The SMILES string of the molecule is CCC(=O)N1CCN(C(=O)Oc2ccc(C[C@H](NC(=O)[C@H]3N(S(=O)(=O)c4ccc(C)cc4)CSC3(C)C)C(=O)O)cc2)CC1.CCCNC(=O)N1CCN(C(=O)Oc2ccc(C[C@H](NC(=O)[C@H]3N(S(=O)(=O)c4ccc(C)cc4)CSC3(C)C)C(=O)O)cc2)CC1. The van der Waals surface area contributed by atoms with Crippen molar-refractivity contribution >= 4 is 91.4 Å². The van der Waals surface area contributed by atoms with Gasteiger partial charge in [0.2, 0.25) is 37.8 Å². The minimum Gasteiger partial charge on any atom is -0.480 e. The molecule has 8 rings (SSSR count). The van der Waals surface area contributed by atoms with Crippen molar-refractivity contribution in [2.24, 2.45) is 0 Å². The third kappa shape index (κ3) is 17.5. The molecule has 0 unspecified atom stereocenters. The summed E-state index contributed by atoms with van der Waals surface area (Å²) in [4.78, 5) is 107. The molecule has 488 valence electrons. The average molecular weight is 1320 g/mol. The van der Waals surface area contributed by atoms with Gasteiger partial charge in [-0.15, -0.1) is 23.5 Å². The Morgan fingerprint density at radius 3 is 1.21 bits per heavy atom. The molecule has 0 aliphatic carbocycles. The summed E-state index contributed by atoms with van der Waals surface area (Å²) in [5.41, 5.74) is 2.91. The number of ether oxygens (including phenoxy) is 2. The number of hydrogen-bond donors (Lipinski definition) is 5. The maximum Gasteiger partial charge on any atom is 0.415 e. The fourth-order valence-corrected chi connectivity index (χ4v) is 16.7. The van der Waals surface area contributed by atoms with Crippen LogP contribution in [0.25, 0.3) is 0 Å². The quantitative estimate of drug-likeness (QED) is 0.0764. The van der Waals surface area contributed by atoms with E-state index >= 15 is 0 Å². The van der Waals surface area contributed by atoms with Crippen molar-refractivity contribution in [1.82, 2.24) is 44.2 Å². The number of nitrogens with zero attached hydrogens (tertiary/aromatic N) is 6. The molecule has 29 heteroatoms. The molecule has 7 amide bonds. The third-order valence-corrected chi connectivity index (χ3v) is 22.4. The van der Waals surface area contributed by atoms with Crippen LogP contribution in [-0.2, 0) is 56.9 Å². The van der Waals surface area contributed by atoms with E-state index < -0.39 is 89.6 Å². The number of urea groups is 1. The van der Waals surface area contributed by atoms with E-state index in [1.165, 1.54) is 81.9 Å². The lowest BCUT2D eigenvalue weighted by Crippen LogP contribution is -2.56. The molecule has 4 saturated heterocycles. The predicted molar refractivity (Wildman–Crippen MR) is 338 cm³/mol. The van der Waals surface area contributed by atoms with E-state index in [9.17, 15) is 65.4 Å². The molecule has 0 radical (unpaired) electrons. The fraction of sp³-hybridized carbons (Fsp3) is 0.475. The summed E-state index contributed by atoms with van der Waals surface area (Å²) in [7, 11) is -8.05. The number of carboxylic acids is 2. The number of aliphatic carboxylic acids is 2. The Morgan fingerprint density at radius 1 is 0.533 bits per heavy atom. The number of aryl methyl sites for hydroxylation is 2. The summed E-state index contributed by atoms with van der Waals surface area (Å²) in [6.07, 6.45) is -0.00946. The van der Waals surface area contributed by atoms with Crippen molar-refractivity contribution in [2.45, 2.75) is 125 Å². The normalized spacial score (nSPS) is 19.1. The standard InChI is InChI=1S/C31H41N5O8S2.C30H38N4O8S2/c1-5-14-32-29(40)34-15-17-35(18-16-34)30(41)44-23-10-8-22(9-11-23)19-25(28(38)39)33-27(37)26-31(3,4)45-20-36(26)46(42,43)24-12-6-21(2)7-13-24;1-5-25(35)32-14-16-33(17-15-32)29(39)42-22-10-8-21(9-11-22)18-24(28(37)38)31-27(36)26-30(3,4)43-19-34(26)44(40,41)23-12-6-20(2)7-13-23/h6-13,25-26H,5,14-20H2,1-4H3,(H,32,40)(H,33,37)(H,38,39);6-13,24,26H,5,14-19H2,1-4H3,(H,31,36)(H,37,38)/t25-,26+;24-,26+/m00/s1. The number of benzene rings is 4. The van der Waals surface area contributed by atoms with Crippen LogP contribution in [0.4, 0.5) is 14.4 Å². The topological polar surface area (TPSA) is 319 Å². The van der Waals surface area contributed by atoms with Crippen LogP contribution in [0, 0.1) is 13.8 Å². The molecule has 0 aromatic heterocycles. The maximum atomic E-state index is 13.6. The number of carboxylic acid groups (broad SMARTS) is 2. The molecule has 4 aliphatic rings. The zero-order chi connectivity index (χ0) is 65.9. The van der Waals surface area contributed by atoms with Gasteiger partial charge >= 0.3 is 30.2 Å². The van der Waals surface area contributed by atoms with Gasteiger partial charge in [0.25, 0.3) is 0 Å². The third-order valence-electron chi connectivity index (χ3n) is 15.7. The summed E-state index contributed by atoms with van der Waals surface area (Å²) in [5, 5.41) is 27.8. The predicted octanol–water partition coefficient (Wildman–Crippen LogP) is 5.59. The van der Waals surface area contributed by atoms with Crippen LogP contribution in [-0.4, -0.2) is 207 Å². The van der Waals surface area contributed by atoms with Crippen molar-refractivity contribution in [3.05, 3.63) is 119 Å². The maximum absolute atomic E-state index is 13.6. The van der Waals surface area contributed by atoms with Gasteiger partial charge in [-0.3, -0.25) is 14.4 Å². The van der Waals surface area contributed by atoms with E-state index in [-0.39, 0.29) is 57.8 Å². The summed E-state index contributed by atoms with van der Waals surface area (Å²) in [6.45, 7) is 18.1. The number of sulfonamides is 2. The molecule has 25 nitrogen and oxygen atoms in total. The smallest absolute Gasteiger partial charge is 0.415 e. The molecular formula is C61H79N9O16S4. The van der Waals surface area contributed by atoms with Crippen molar-refractivity contribution < 1.29 is 74.9 Å². The molecule has 5 N–H and O–H groups in total. The van der Waals surface area contributed by atoms with Crippen LogP contribution in [0.3, 0.4) is 0 Å². The Balaban J connectivity index is 0.000000256. The van der Waals surface area contributed by atoms with Gasteiger partial charge in [0, 0.05) is 87.7 Å². The molecular weight excluding hydrogens is 1240 g/mol.